The summed E-state index contributed by atoms with van der Waals surface area (Å²) in [7, 11) is 0. The van der Waals surface area contributed by atoms with E-state index in [1.807, 2.05) is 0 Å². The molecule has 0 fully saturated rings. The topological polar surface area (TPSA) is 86.7 Å². The van der Waals surface area contributed by atoms with Crippen LogP contribution >= 0.6 is 0 Å². The predicted molar refractivity (Wildman–Crippen MR) is 27.9 cm³/mol. The molecule has 4 nitrogen and oxygen atoms in total. The van der Waals surface area contributed by atoms with Gasteiger partial charge in [-0.1, -0.05) is 0 Å². The third-order valence-corrected chi connectivity index (χ3v) is 0.724. The van der Waals surface area contributed by atoms with Crippen molar-refractivity contribution >= 4 is 0 Å². The molecular weight excluding hydrogens is 110 g/mol. The maximum Gasteiger partial charge on any atom is 0.104 e. The summed E-state index contributed by atoms with van der Waals surface area (Å²) in [6, 6.07) is 0. The maximum absolute atomic E-state index is 8.54. The van der Waals surface area contributed by atoms with Gasteiger partial charge in [-0.2, -0.15) is 0 Å². The molecule has 2 unspecified atom stereocenters. The van der Waals surface area contributed by atoms with Gasteiger partial charge in [0.2, 0.25) is 0 Å². The molecule has 0 radical (unpaired) electrons. The molecule has 0 aromatic heterocycles. The Balaban J connectivity index is 3.10. The summed E-state index contributed by atoms with van der Waals surface area (Å²) < 4.78 is 0. The van der Waals surface area contributed by atoms with Crippen LogP contribution in [-0.2, 0) is 0 Å². The Morgan fingerprint density at radius 3 is 2.00 bits per heavy atom. The zero-order chi connectivity index (χ0) is 6.57. The molecule has 0 rings (SSSR count). The molecule has 0 saturated heterocycles. The van der Waals surface area contributed by atoms with E-state index in [0.717, 1.165) is 0 Å². The lowest BCUT2D eigenvalue weighted by molar-refractivity contribution is 0.0440. The highest BCUT2D eigenvalue weighted by molar-refractivity contribution is 4.54. The second kappa shape index (κ2) is 3.80. The van der Waals surface area contributed by atoms with Gasteiger partial charge in [-0.3, -0.25) is 0 Å². The number of hydrogen-bond donors (Lipinski definition) is 4. The quantitative estimate of drug-likeness (QED) is 0.325. The van der Waals surface area contributed by atoms with Crippen LogP contribution in [0.4, 0.5) is 0 Å². The van der Waals surface area contributed by atoms with Crippen LogP contribution in [0.3, 0.4) is 0 Å². The van der Waals surface area contributed by atoms with Gasteiger partial charge in [-0.15, -0.1) is 0 Å². The van der Waals surface area contributed by atoms with Gasteiger partial charge >= 0.3 is 0 Å². The van der Waals surface area contributed by atoms with Crippen LogP contribution in [-0.4, -0.2) is 34.3 Å². The van der Waals surface area contributed by atoms with Crippen LogP contribution in [0.15, 0.2) is 0 Å². The molecular formula is C4H11NO3. The molecule has 0 aliphatic rings. The highest BCUT2D eigenvalue weighted by atomic mass is 16.3. The molecule has 0 bridgehead atoms. The summed E-state index contributed by atoms with van der Waals surface area (Å²) in [5, 5.41) is 25.1. The van der Waals surface area contributed by atoms with Gasteiger partial charge in [-0.05, 0) is 0 Å². The maximum atomic E-state index is 8.54. The van der Waals surface area contributed by atoms with Crippen molar-refractivity contribution in [2.45, 2.75) is 18.8 Å². The van der Waals surface area contributed by atoms with E-state index in [2.05, 4.69) is 0 Å². The van der Waals surface area contributed by atoms with Crippen molar-refractivity contribution < 1.29 is 15.3 Å². The summed E-state index contributed by atoms with van der Waals surface area (Å²) in [6.45, 7) is -0.353. The Morgan fingerprint density at radius 2 is 1.88 bits per heavy atom. The molecule has 0 aromatic carbocycles. The Kier molecular flexibility index (Phi) is 3.72. The molecule has 0 aliphatic heterocycles. The number of hydrogen-bond acceptors (Lipinski definition) is 4. The fourth-order valence-corrected chi connectivity index (χ4v) is 0.353. The smallest absolute Gasteiger partial charge is 0.104 e. The van der Waals surface area contributed by atoms with Crippen molar-refractivity contribution in [2.24, 2.45) is 5.73 Å². The Labute approximate surface area is 47.6 Å². The molecule has 50 valence electrons. The van der Waals surface area contributed by atoms with Gasteiger partial charge in [-0.25, -0.2) is 0 Å². The lowest BCUT2D eigenvalue weighted by Crippen LogP contribution is -2.27. The van der Waals surface area contributed by atoms with E-state index >= 15 is 0 Å². The van der Waals surface area contributed by atoms with Crippen molar-refractivity contribution in [3.05, 3.63) is 0 Å². The van der Waals surface area contributed by atoms with Crippen LogP contribution in [0, 0.1) is 0 Å². The minimum Gasteiger partial charge on any atom is -0.394 e. The predicted octanol–water partition coefficient (Wildman–Crippen LogP) is -1.99. The van der Waals surface area contributed by atoms with Gasteiger partial charge in [0.1, 0.15) is 6.23 Å². The van der Waals surface area contributed by atoms with Crippen molar-refractivity contribution in [1.29, 1.82) is 0 Å². The fourth-order valence-electron chi connectivity index (χ4n) is 0.353. The molecule has 0 saturated carbocycles. The Bertz CT molecular complexity index is 57.2. The van der Waals surface area contributed by atoms with Crippen molar-refractivity contribution in [2.75, 3.05) is 6.61 Å². The first kappa shape index (κ1) is 7.84. The summed E-state index contributed by atoms with van der Waals surface area (Å²) in [5.41, 5.74) is 4.85. The van der Waals surface area contributed by atoms with Crippen molar-refractivity contribution in [3.8, 4) is 0 Å². The summed E-state index contributed by atoms with van der Waals surface area (Å²) in [6.07, 6.45) is -1.90. The minimum atomic E-state index is -1.03. The van der Waals surface area contributed by atoms with Crippen LogP contribution in [0.25, 0.3) is 0 Å². The SMILES string of the molecule is NC(O)CC(O)CO. The van der Waals surface area contributed by atoms with E-state index in [0.29, 0.717) is 0 Å². The van der Waals surface area contributed by atoms with Crippen LogP contribution in [0.1, 0.15) is 6.42 Å². The zero-order valence-corrected chi connectivity index (χ0v) is 4.49. The third kappa shape index (κ3) is 4.01. The van der Waals surface area contributed by atoms with E-state index in [9.17, 15) is 0 Å². The average Bonchev–Trinajstić information content (AvgIpc) is 1.65. The van der Waals surface area contributed by atoms with Crippen LogP contribution < -0.4 is 5.73 Å². The van der Waals surface area contributed by atoms with Crippen molar-refractivity contribution in [1.82, 2.24) is 0 Å². The number of aliphatic hydroxyl groups is 3. The van der Waals surface area contributed by atoms with E-state index in [4.69, 9.17) is 21.1 Å². The normalized spacial score (nSPS) is 18.0. The van der Waals surface area contributed by atoms with Gasteiger partial charge in [0, 0.05) is 6.42 Å². The van der Waals surface area contributed by atoms with Gasteiger partial charge < -0.3 is 21.1 Å². The number of aliphatic hydroxyl groups excluding tert-OH is 3. The minimum absolute atomic E-state index is 0.0243. The van der Waals surface area contributed by atoms with E-state index in [1.165, 1.54) is 0 Å². The van der Waals surface area contributed by atoms with Crippen LogP contribution in [0.2, 0.25) is 0 Å². The number of rotatable bonds is 3. The van der Waals surface area contributed by atoms with E-state index < -0.39 is 12.3 Å². The molecule has 0 amide bonds. The standard InChI is InChI=1S/C4H11NO3/c5-4(8)1-3(7)2-6/h3-4,6-8H,1-2,5H2. The molecule has 0 spiro atoms. The second-order valence-electron chi connectivity index (χ2n) is 1.64. The third-order valence-electron chi connectivity index (χ3n) is 0.724. The Hall–Kier alpha value is -0.160. The summed E-state index contributed by atoms with van der Waals surface area (Å²) in [4.78, 5) is 0. The summed E-state index contributed by atoms with van der Waals surface area (Å²) in [5.74, 6) is 0. The van der Waals surface area contributed by atoms with Crippen molar-refractivity contribution in [3.63, 3.8) is 0 Å². The first-order valence-corrected chi connectivity index (χ1v) is 2.39. The monoisotopic (exact) mass is 121 g/mol. The highest BCUT2D eigenvalue weighted by Gasteiger charge is 2.04. The largest absolute Gasteiger partial charge is 0.394 e. The molecule has 8 heavy (non-hydrogen) atoms. The highest BCUT2D eigenvalue weighted by Crippen LogP contribution is 1.89. The lowest BCUT2D eigenvalue weighted by atomic mass is 10.2. The first-order valence-electron chi connectivity index (χ1n) is 2.39. The molecule has 2 atom stereocenters. The molecule has 4 heteroatoms. The second-order valence-corrected chi connectivity index (χ2v) is 1.64. The average molecular weight is 121 g/mol. The molecule has 0 heterocycles. The summed E-state index contributed by atoms with van der Waals surface area (Å²) >= 11 is 0. The molecule has 0 aliphatic carbocycles. The van der Waals surface area contributed by atoms with Crippen LogP contribution in [0.5, 0.6) is 0 Å². The lowest BCUT2D eigenvalue weighted by Gasteiger charge is -2.07. The number of nitrogens with two attached hydrogens (primary N) is 1. The van der Waals surface area contributed by atoms with Gasteiger partial charge in [0.25, 0.3) is 0 Å². The van der Waals surface area contributed by atoms with E-state index in [1.54, 1.807) is 0 Å². The molecule has 5 N–H and O–H groups in total. The van der Waals surface area contributed by atoms with E-state index in [-0.39, 0.29) is 13.0 Å². The van der Waals surface area contributed by atoms with Gasteiger partial charge in [0.15, 0.2) is 0 Å². The van der Waals surface area contributed by atoms with Gasteiger partial charge in [0.05, 0.1) is 12.7 Å². The molecule has 0 aromatic rings. The zero-order valence-electron chi connectivity index (χ0n) is 4.49. The Morgan fingerprint density at radius 1 is 1.38 bits per heavy atom. The fraction of sp³-hybridized carbons (Fsp3) is 1.00. The first-order chi connectivity index (χ1) is 3.66.